The van der Waals surface area contributed by atoms with E-state index in [4.69, 9.17) is 0 Å². The molecule has 0 aliphatic heterocycles. The van der Waals surface area contributed by atoms with Gasteiger partial charge >= 0.3 is 0 Å². The lowest BCUT2D eigenvalue weighted by molar-refractivity contribution is 0.294. The van der Waals surface area contributed by atoms with Crippen LogP contribution in [-0.2, 0) is 0 Å². The highest BCUT2D eigenvalue weighted by Gasteiger charge is 2.36. The van der Waals surface area contributed by atoms with Crippen LogP contribution in [0.5, 0.6) is 0 Å². The average Bonchev–Trinajstić information content (AvgIpc) is 2.40. The van der Waals surface area contributed by atoms with Gasteiger partial charge in [-0.05, 0) is 47.6 Å². The van der Waals surface area contributed by atoms with Crippen molar-refractivity contribution < 1.29 is 0 Å². The van der Waals surface area contributed by atoms with E-state index in [9.17, 15) is 0 Å². The predicted octanol–water partition coefficient (Wildman–Crippen LogP) is 5.19. The molecule has 3 atom stereocenters. The van der Waals surface area contributed by atoms with Crippen molar-refractivity contribution in [1.82, 2.24) is 0 Å². The molecule has 1 aromatic carbocycles. The van der Waals surface area contributed by atoms with Crippen LogP contribution in [0.4, 0.5) is 0 Å². The highest BCUT2D eigenvalue weighted by atomic mass is 14.4. The molecule has 0 fully saturated rings. The molecule has 0 heteroatoms. The van der Waals surface area contributed by atoms with Gasteiger partial charge in [0.2, 0.25) is 0 Å². The molecule has 0 spiro atoms. The summed E-state index contributed by atoms with van der Waals surface area (Å²) in [6, 6.07) is 9.08. The van der Waals surface area contributed by atoms with Gasteiger partial charge in [-0.1, -0.05) is 62.4 Å². The van der Waals surface area contributed by atoms with Gasteiger partial charge in [-0.2, -0.15) is 0 Å². The molecule has 3 unspecified atom stereocenters. The van der Waals surface area contributed by atoms with E-state index in [1.807, 2.05) is 0 Å². The summed E-state index contributed by atoms with van der Waals surface area (Å²) in [5.41, 5.74) is 3.49. The summed E-state index contributed by atoms with van der Waals surface area (Å²) in [6.07, 6.45) is 13.0. The van der Waals surface area contributed by atoms with Crippen LogP contribution < -0.4 is 0 Å². The second-order valence-electron chi connectivity index (χ2n) is 6.16. The van der Waals surface area contributed by atoms with Gasteiger partial charge in [0.05, 0.1) is 0 Å². The molecule has 2 aliphatic rings. The van der Waals surface area contributed by atoms with Crippen molar-refractivity contribution >= 4 is 0 Å². The van der Waals surface area contributed by atoms with Crippen LogP contribution >= 0.6 is 0 Å². The van der Waals surface area contributed by atoms with Gasteiger partial charge in [-0.15, -0.1) is 0 Å². The van der Waals surface area contributed by atoms with Gasteiger partial charge in [0, 0.05) is 0 Å². The minimum atomic E-state index is 0.311. The van der Waals surface area contributed by atoms with Crippen LogP contribution in [0.3, 0.4) is 0 Å². The third-order valence-electron chi connectivity index (χ3n) is 4.87. The normalized spacial score (nSPS) is 34.3. The summed E-state index contributed by atoms with van der Waals surface area (Å²) in [5.74, 6) is 1.41. The molecule has 0 nitrogen and oxygen atoms in total. The Kier molecular flexibility index (Phi) is 2.89. The highest BCUT2D eigenvalue weighted by Crippen LogP contribution is 2.50. The van der Waals surface area contributed by atoms with Gasteiger partial charge in [0.15, 0.2) is 0 Å². The van der Waals surface area contributed by atoms with E-state index in [1.165, 1.54) is 19.3 Å². The maximum absolute atomic E-state index is 2.42. The smallest absolute Gasteiger partial charge is 0.00401 e. The molecular weight excluding hydrogens is 216 g/mol. The number of benzene rings is 1. The van der Waals surface area contributed by atoms with E-state index in [2.05, 4.69) is 62.4 Å². The van der Waals surface area contributed by atoms with Crippen LogP contribution in [-0.4, -0.2) is 0 Å². The highest BCUT2D eigenvalue weighted by molar-refractivity contribution is 5.38. The molecule has 18 heavy (non-hydrogen) atoms. The van der Waals surface area contributed by atoms with Crippen LogP contribution in [0.1, 0.15) is 56.1 Å². The maximum Gasteiger partial charge on any atom is -0.00401 e. The van der Waals surface area contributed by atoms with E-state index in [-0.39, 0.29) is 0 Å². The van der Waals surface area contributed by atoms with E-state index in [1.54, 1.807) is 11.1 Å². The molecule has 0 N–H and O–H groups in total. The molecule has 0 heterocycles. The monoisotopic (exact) mass is 238 g/mol. The minimum absolute atomic E-state index is 0.311. The fourth-order valence-electron chi connectivity index (χ4n) is 3.69. The quantitative estimate of drug-likeness (QED) is 0.631. The Balaban J connectivity index is 2.02. The number of hydrogen-bond acceptors (Lipinski definition) is 0. The first-order chi connectivity index (χ1) is 8.71. The van der Waals surface area contributed by atoms with Gasteiger partial charge in [0.25, 0.3) is 0 Å². The largest absolute Gasteiger partial charge is 0.0837 e. The molecule has 0 aromatic heterocycles. The van der Waals surface area contributed by atoms with Crippen molar-refractivity contribution in [2.24, 2.45) is 5.41 Å². The molecule has 3 rings (SSSR count). The van der Waals surface area contributed by atoms with E-state index in [0.717, 1.165) is 5.92 Å². The summed E-state index contributed by atoms with van der Waals surface area (Å²) in [6.45, 7) is 4.79. The molecule has 1 aromatic rings. The standard InChI is InChI=1S/C18H22/c1-14-10-11-17(16-9-5-4-8-15(14)16)18(2)12-6-3-7-13-18/h3-9,12,14,17H,10-11,13H2,1-2H3. The first-order valence-electron chi connectivity index (χ1n) is 7.14. The van der Waals surface area contributed by atoms with Crippen molar-refractivity contribution in [2.45, 2.75) is 44.9 Å². The van der Waals surface area contributed by atoms with E-state index in [0.29, 0.717) is 11.3 Å². The molecule has 0 amide bonds. The van der Waals surface area contributed by atoms with Crippen molar-refractivity contribution in [3.8, 4) is 0 Å². The zero-order valence-corrected chi connectivity index (χ0v) is 11.4. The third-order valence-corrected chi connectivity index (χ3v) is 4.87. The van der Waals surface area contributed by atoms with Crippen LogP contribution in [0.2, 0.25) is 0 Å². The summed E-state index contributed by atoms with van der Waals surface area (Å²) in [7, 11) is 0. The van der Waals surface area contributed by atoms with Gasteiger partial charge in [-0.25, -0.2) is 0 Å². The lowest BCUT2D eigenvalue weighted by Crippen LogP contribution is -2.28. The summed E-state index contributed by atoms with van der Waals surface area (Å²) >= 11 is 0. The van der Waals surface area contributed by atoms with Crippen molar-refractivity contribution in [1.29, 1.82) is 0 Å². The topological polar surface area (TPSA) is 0 Å². The molecule has 0 saturated heterocycles. The first-order valence-corrected chi connectivity index (χ1v) is 7.14. The molecule has 94 valence electrons. The Bertz CT molecular complexity index is 495. The predicted molar refractivity (Wildman–Crippen MR) is 77.8 cm³/mol. The van der Waals surface area contributed by atoms with Gasteiger partial charge in [-0.3, -0.25) is 0 Å². The van der Waals surface area contributed by atoms with Gasteiger partial charge < -0.3 is 0 Å². The Morgan fingerprint density at radius 2 is 1.83 bits per heavy atom. The van der Waals surface area contributed by atoms with Crippen molar-refractivity contribution in [2.75, 3.05) is 0 Å². The zero-order chi connectivity index (χ0) is 12.6. The van der Waals surface area contributed by atoms with E-state index >= 15 is 0 Å². The number of rotatable bonds is 1. The minimum Gasteiger partial charge on any atom is -0.0837 e. The van der Waals surface area contributed by atoms with Crippen molar-refractivity contribution in [3.05, 3.63) is 59.7 Å². The second kappa shape index (κ2) is 4.42. The molecule has 0 saturated carbocycles. The number of fused-ring (bicyclic) bond motifs is 1. The van der Waals surface area contributed by atoms with Crippen LogP contribution in [0.15, 0.2) is 48.6 Å². The Morgan fingerprint density at radius 3 is 2.56 bits per heavy atom. The lowest BCUT2D eigenvalue weighted by atomic mass is 9.63. The van der Waals surface area contributed by atoms with Crippen LogP contribution in [0, 0.1) is 5.41 Å². The zero-order valence-electron chi connectivity index (χ0n) is 11.4. The fourth-order valence-corrected chi connectivity index (χ4v) is 3.69. The SMILES string of the molecule is CC1CCC(C2(C)C=CC=CC2)c2ccccc21. The summed E-state index contributed by atoms with van der Waals surface area (Å²) in [4.78, 5) is 0. The second-order valence-corrected chi connectivity index (χ2v) is 6.16. The lowest BCUT2D eigenvalue weighted by Gasteiger charge is -2.41. The fraction of sp³-hybridized carbons (Fsp3) is 0.444. The summed E-state index contributed by atoms with van der Waals surface area (Å²) in [5, 5.41) is 0. The van der Waals surface area contributed by atoms with Crippen molar-refractivity contribution in [3.63, 3.8) is 0 Å². The Labute approximate surface area is 110 Å². The molecule has 0 bridgehead atoms. The number of hydrogen-bond donors (Lipinski definition) is 0. The maximum atomic E-state index is 2.42. The molecular formula is C18H22. The molecule has 0 radical (unpaired) electrons. The summed E-state index contributed by atoms with van der Waals surface area (Å²) < 4.78 is 0. The average molecular weight is 238 g/mol. The molecule has 2 aliphatic carbocycles. The Hall–Kier alpha value is -1.30. The Morgan fingerprint density at radius 1 is 1.06 bits per heavy atom. The van der Waals surface area contributed by atoms with Crippen LogP contribution in [0.25, 0.3) is 0 Å². The van der Waals surface area contributed by atoms with E-state index < -0.39 is 0 Å². The van der Waals surface area contributed by atoms with Gasteiger partial charge in [0.1, 0.15) is 0 Å². The third kappa shape index (κ3) is 1.84. The number of allylic oxidation sites excluding steroid dienone is 4. The first kappa shape index (κ1) is 11.8.